The topological polar surface area (TPSA) is 66.7 Å². The maximum absolute atomic E-state index is 13.2. The van der Waals surface area contributed by atoms with Crippen LogP contribution in [0, 0.1) is 11.8 Å². The van der Waals surface area contributed by atoms with Gasteiger partial charge in [0.15, 0.2) is 5.58 Å². The molecule has 1 atom stereocenters. The molecule has 0 radical (unpaired) electrons. The zero-order valence-electron chi connectivity index (χ0n) is 19.2. The Morgan fingerprint density at radius 1 is 0.939 bits per heavy atom. The number of likely N-dealkylation sites (tertiary alicyclic amines) is 2. The maximum Gasteiger partial charge on any atom is 0.253 e. The van der Waals surface area contributed by atoms with Crippen molar-refractivity contribution in [3.8, 4) is 11.5 Å². The number of nitrogens with zero attached hydrogens (tertiary/aromatic N) is 3. The highest BCUT2D eigenvalue weighted by molar-refractivity contribution is 5.97. The zero-order valence-corrected chi connectivity index (χ0v) is 19.2. The Labute approximate surface area is 194 Å². The highest BCUT2D eigenvalue weighted by atomic mass is 16.3. The Morgan fingerprint density at radius 3 is 2.39 bits per heavy atom. The van der Waals surface area contributed by atoms with Gasteiger partial charge in [0.2, 0.25) is 11.8 Å². The van der Waals surface area contributed by atoms with Crippen LogP contribution in [0.25, 0.3) is 22.6 Å². The predicted molar refractivity (Wildman–Crippen MR) is 128 cm³/mol. The monoisotopic (exact) mass is 445 g/mol. The molecule has 33 heavy (non-hydrogen) atoms. The first-order valence-corrected chi connectivity index (χ1v) is 12.1. The van der Waals surface area contributed by atoms with Crippen LogP contribution in [-0.2, 0) is 4.79 Å². The molecular formula is C27H31N3O3. The van der Waals surface area contributed by atoms with Crippen molar-refractivity contribution in [2.75, 3.05) is 26.2 Å². The summed E-state index contributed by atoms with van der Waals surface area (Å²) in [5, 5.41) is 0. The van der Waals surface area contributed by atoms with Crippen molar-refractivity contribution in [2.24, 2.45) is 11.8 Å². The average molecular weight is 446 g/mol. The van der Waals surface area contributed by atoms with E-state index in [0.29, 0.717) is 47.5 Å². The number of hydrogen-bond donors (Lipinski definition) is 0. The van der Waals surface area contributed by atoms with Crippen molar-refractivity contribution < 1.29 is 14.0 Å². The van der Waals surface area contributed by atoms with Crippen molar-refractivity contribution in [3.05, 3.63) is 54.1 Å². The molecule has 2 aliphatic rings. The molecule has 0 spiro atoms. The van der Waals surface area contributed by atoms with E-state index in [9.17, 15) is 9.59 Å². The Bertz CT molecular complexity index is 1130. The van der Waals surface area contributed by atoms with Gasteiger partial charge in [-0.25, -0.2) is 4.98 Å². The van der Waals surface area contributed by atoms with Gasteiger partial charge in [0.1, 0.15) is 5.52 Å². The molecule has 6 heteroatoms. The number of oxazole rings is 1. The van der Waals surface area contributed by atoms with Crippen LogP contribution >= 0.6 is 0 Å². The molecule has 2 amide bonds. The number of carbonyl (C=O) groups excluding carboxylic acids is 2. The minimum atomic E-state index is 0.0228. The van der Waals surface area contributed by atoms with Gasteiger partial charge >= 0.3 is 0 Å². The molecule has 3 aromatic rings. The number of fused-ring (bicyclic) bond motifs is 1. The molecule has 0 saturated carbocycles. The Morgan fingerprint density at radius 2 is 1.67 bits per heavy atom. The van der Waals surface area contributed by atoms with Crippen LogP contribution in [0.3, 0.4) is 0 Å². The third-order valence-corrected chi connectivity index (χ3v) is 7.25. The number of piperidine rings is 2. The van der Waals surface area contributed by atoms with Crippen molar-refractivity contribution >= 4 is 22.9 Å². The summed E-state index contributed by atoms with van der Waals surface area (Å²) in [6, 6.07) is 15.2. The van der Waals surface area contributed by atoms with Gasteiger partial charge in [0.05, 0.1) is 0 Å². The van der Waals surface area contributed by atoms with Crippen LogP contribution in [0.2, 0.25) is 0 Å². The van der Waals surface area contributed by atoms with E-state index in [1.165, 1.54) is 6.42 Å². The summed E-state index contributed by atoms with van der Waals surface area (Å²) < 4.78 is 5.88. The molecule has 1 aromatic heterocycles. The van der Waals surface area contributed by atoms with E-state index in [1.54, 1.807) is 0 Å². The van der Waals surface area contributed by atoms with Crippen LogP contribution in [0.15, 0.2) is 52.9 Å². The zero-order chi connectivity index (χ0) is 22.8. The number of benzene rings is 2. The van der Waals surface area contributed by atoms with Crippen LogP contribution in [0.5, 0.6) is 0 Å². The van der Waals surface area contributed by atoms with Gasteiger partial charge in [-0.1, -0.05) is 25.1 Å². The van der Waals surface area contributed by atoms with Crippen molar-refractivity contribution in [1.29, 1.82) is 0 Å². The largest absolute Gasteiger partial charge is 0.436 e. The van der Waals surface area contributed by atoms with Gasteiger partial charge in [-0.15, -0.1) is 0 Å². The summed E-state index contributed by atoms with van der Waals surface area (Å²) in [5.41, 5.74) is 2.91. The fraction of sp³-hybridized carbons (Fsp3) is 0.444. The Kier molecular flexibility index (Phi) is 6.16. The van der Waals surface area contributed by atoms with E-state index in [-0.39, 0.29) is 11.8 Å². The minimum absolute atomic E-state index is 0.0228. The molecule has 0 bridgehead atoms. The molecule has 2 fully saturated rings. The summed E-state index contributed by atoms with van der Waals surface area (Å²) in [7, 11) is 0. The number of hydrogen-bond acceptors (Lipinski definition) is 4. The van der Waals surface area contributed by atoms with Gasteiger partial charge in [-0.3, -0.25) is 9.59 Å². The van der Waals surface area contributed by atoms with Crippen LogP contribution in [-0.4, -0.2) is 52.8 Å². The van der Waals surface area contributed by atoms with Crippen molar-refractivity contribution in [2.45, 2.75) is 39.0 Å². The molecule has 0 aliphatic carbocycles. The van der Waals surface area contributed by atoms with Crippen molar-refractivity contribution in [3.63, 3.8) is 0 Å². The first kappa shape index (κ1) is 21.7. The smallest absolute Gasteiger partial charge is 0.253 e. The van der Waals surface area contributed by atoms with E-state index >= 15 is 0 Å². The van der Waals surface area contributed by atoms with Crippen molar-refractivity contribution in [1.82, 2.24) is 14.8 Å². The van der Waals surface area contributed by atoms with Crippen LogP contribution in [0.4, 0.5) is 0 Å². The third kappa shape index (κ3) is 4.52. The van der Waals surface area contributed by atoms with Gasteiger partial charge in [0, 0.05) is 43.2 Å². The molecule has 2 saturated heterocycles. The quantitative estimate of drug-likeness (QED) is 0.567. The lowest BCUT2D eigenvalue weighted by atomic mass is 9.84. The standard InChI is InChI=1S/C27H31N3O3/c1-19(26(31)29-14-6-3-7-15-29)20-12-16-30(17-13-20)27(32)22-10-11-24-23(18-22)28-25(33-24)21-8-4-2-5-9-21/h2,4-5,8-11,18-20H,3,6-7,12-17H2,1H3/t19-/m0/s1. The van der Waals surface area contributed by atoms with Gasteiger partial charge in [-0.05, 0) is 68.4 Å². The molecule has 172 valence electrons. The molecule has 0 N–H and O–H groups in total. The molecule has 2 aliphatic heterocycles. The predicted octanol–water partition coefficient (Wildman–Crippen LogP) is 5.00. The number of amides is 2. The van der Waals surface area contributed by atoms with Gasteiger partial charge in [-0.2, -0.15) is 0 Å². The summed E-state index contributed by atoms with van der Waals surface area (Å²) in [4.78, 5) is 34.6. The number of rotatable bonds is 4. The summed E-state index contributed by atoms with van der Waals surface area (Å²) in [5.74, 6) is 1.25. The highest BCUT2D eigenvalue weighted by Crippen LogP contribution is 2.29. The molecule has 2 aromatic carbocycles. The van der Waals surface area contributed by atoms with Crippen LogP contribution < -0.4 is 0 Å². The Hall–Kier alpha value is -3.15. The fourth-order valence-electron chi connectivity index (χ4n) is 5.15. The van der Waals surface area contributed by atoms with E-state index < -0.39 is 0 Å². The van der Waals surface area contributed by atoms with Gasteiger partial charge < -0.3 is 14.2 Å². The minimum Gasteiger partial charge on any atom is -0.436 e. The molecular weight excluding hydrogens is 414 g/mol. The van der Waals surface area contributed by atoms with E-state index in [4.69, 9.17) is 4.42 Å². The highest BCUT2D eigenvalue weighted by Gasteiger charge is 2.32. The molecule has 0 unspecified atom stereocenters. The third-order valence-electron chi connectivity index (χ3n) is 7.25. The maximum atomic E-state index is 13.2. The summed E-state index contributed by atoms with van der Waals surface area (Å²) in [6.07, 6.45) is 5.21. The number of aromatic nitrogens is 1. The first-order chi connectivity index (χ1) is 16.1. The average Bonchev–Trinajstić information content (AvgIpc) is 3.32. The summed E-state index contributed by atoms with van der Waals surface area (Å²) >= 11 is 0. The molecule has 6 nitrogen and oxygen atoms in total. The lowest BCUT2D eigenvalue weighted by Gasteiger charge is -2.37. The van der Waals surface area contributed by atoms with E-state index in [2.05, 4.69) is 11.9 Å². The molecule has 3 heterocycles. The molecule has 5 rings (SSSR count). The lowest BCUT2D eigenvalue weighted by Crippen LogP contribution is -2.45. The summed E-state index contributed by atoms with van der Waals surface area (Å²) in [6.45, 7) is 5.25. The second-order valence-electron chi connectivity index (χ2n) is 9.37. The number of carbonyl (C=O) groups is 2. The lowest BCUT2D eigenvalue weighted by molar-refractivity contribution is -0.138. The second kappa shape index (κ2) is 9.38. The Balaban J connectivity index is 1.23. The SMILES string of the molecule is C[C@H](C(=O)N1CCCCC1)C1CCN(C(=O)c2ccc3oc(-c4ccccc4)nc3c2)CC1. The van der Waals surface area contributed by atoms with Crippen LogP contribution in [0.1, 0.15) is 49.4 Å². The second-order valence-corrected chi connectivity index (χ2v) is 9.37. The normalized spacial score (nSPS) is 18.5. The van der Waals surface area contributed by atoms with E-state index in [0.717, 1.165) is 44.3 Å². The van der Waals surface area contributed by atoms with E-state index in [1.807, 2.05) is 58.3 Å². The van der Waals surface area contributed by atoms with Gasteiger partial charge in [0.25, 0.3) is 5.91 Å². The fourth-order valence-corrected chi connectivity index (χ4v) is 5.15. The first-order valence-electron chi connectivity index (χ1n) is 12.1.